The number of nitrogens with zero attached hydrogens (tertiary/aromatic N) is 1. The van der Waals surface area contributed by atoms with Gasteiger partial charge >= 0.3 is 0 Å². The lowest BCUT2D eigenvalue weighted by Crippen LogP contribution is -2.58. The molecule has 1 heterocycles. The average Bonchev–Trinajstić information content (AvgIpc) is 1.57. The fourth-order valence-corrected chi connectivity index (χ4v) is 1.26. The first kappa shape index (κ1) is 8.02. The van der Waals surface area contributed by atoms with Gasteiger partial charge in [0.2, 0.25) is 0 Å². The van der Waals surface area contributed by atoms with Crippen LogP contribution in [0.2, 0.25) is 0 Å². The first-order valence-electron chi connectivity index (χ1n) is 4.00. The van der Waals surface area contributed by atoms with Gasteiger partial charge in [-0.2, -0.15) is 0 Å². The first-order valence-corrected chi connectivity index (χ1v) is 4.00. The standard InChI is InChI=1S/C8H18N2/c1-7-5-10(6-7)9-8(2,3)4/h7,9H,5-6H2,1-4H3. The molecule has 1 N–H and O–H groups in total. The Kier molecular flexibility index (Phi) is 2.02. The summed E-state index contributed by atoms with van der Waals surface area (Å²) in [5.41, 5.74) is 3.66. The maximum atomic E-state index is 3.42. The Balaban J connectivity index is 2.16. The molecule has 1 fully saturated rings. The lowest BCUT2D eigenvalue weighted by atomic mass is 10.0. The highest BCUT2D eigenvalue weighted by Gasteiger charge is 2.25. The normalized spacial score (nSPS) is 22.8. The zero-order valence-corrected chi connectivity index (χ0v) is 7.44. The minimum Gasteiger partial charge on any atom is -0.250 e. The van der Waals surface area contributed by atoms with Crippen LogP contribution in [0.1, 0.15) is 27.7 Å². The maximum absolute atomic E-state index is 3.42. The van der Waals surface area contributed by atoms with Gasteiger partial charge in [0.1, 0.15) is 0 Å². The molecule has 0 atom stereocenters. The van der Waals surface area contributed by atoms with Gasteiger partial charge in [-0.25, -0.2) is 10.4 Å². The average molecular weight is 142 g/mol. The fraction of sp³-hybridized carbons (Fsp3) is 1.00. The smallest absolute Gasteiger partial charge is 0.0241 e. The van der Waals surface area contributed by atoms with E-state index in [2.05, 4.69) is 38.1 Å². The molecule has 1 saturated heterocycles. The monoisotopic (exact) mass is 142 g/mol. The van der Waals surface area contributed by atoms with Gasteiger partial charge in [-0.3, -0.25) is 0 Å². The second-order valence-electron chi connectivity index (χ2n) is 4.37. The van der Waals surface area contributed by atoms with E-state index in [9.17, 15) is 0 Å². The summed E-state index contributed by atoms with van der Waals surface area (Å²) in [5, 5.41) is 2.28. The Bertz CT molecular complexity index is 109. The molecule has 0 bridgehead atoms. The Labute approximate surface area is 63.6 Å². The van der Waals surface area contributed by atoms with Crippen LogP contribution >= 0.6 is 0 Å². The molecule has 0 aromatic heterocycles. The van der Waals surface area contributed by atoms with Crippen molar-refractivity contribution in [1.29, 1.82) is 0 Å². The van der Waals surface area contributed by atoms with Gasteiger partial charge in [0.15, 0.2) is 0 Å². The van der Waals surface area contributed by atoms with Crippen LogP contribution < -0.4 is 5.43 Å². The van der Waals surface area contributed by atoms with Gasteiger partial charge in [-0.15, -0.1) is 0 Å². The summed E-state index contributed by atoms with van der Waals surface area (Å²) < 4.78 is 0. The predicted molar refractivity (Wildman–Crippen MR) is 43.6 cm³/mol. The summed E-state index contributed by atoms with van der Waals surface area (Å²) in [4.78, 5) is 0. The van der Waals surface area contributed by atoms with Gasteiger partial charge in [-0.05, 0) is 26.7 Å². The van der Waals surface area contributed by atoms with E-state index in [0.717, 1.165) is 5.92 Å². The van der Waals surface area contributed by atoms with Crippen LogP contribution in [0, 0.1) is 5.92 Å². The fourth-order valence-electron chi connectivity index (χ4n) is 1.26. The van der Waals surface area contributed by atoms with Crippen LogP contribution in [0.4, 0.5) is 0 Å². The van der Waals surface area contributed by atoms with Crippen molar-refractivity contribution in [2.45, 2.75) is 33.2 Å². The molecule has 0 saturated carbocycles. The molecule has 0 radical (unpaired) electrons. The number of hydrogen-bond donors (Lipinski definition) is 1. The van der Waals surface area contributed by atoms with Crippen molar-refractivity contribution in [3.05, 3.63) is 0 Å². The van der Waals surface area contributed by atoms with E-state index < -0.39 is 0 Å². The van der Waals surface area contributed by atoms with E-state index in [1.165, 1.54) is 13.1 Å². The molecular weight excluding hydrogens is 124 g/mol. The number of hydrogen-bond acceptors (Lipinski definition) is 2. The van der Waals surface area contributed by atoms with Crippen LogP contribution in [0.3, 0.4) is 0 Å². The predicted octanol–water partition coefficient (Wildman–Crippen LogP) is 1.24. The maximum Gasteiger partial charge on any atom is 0.0241 e. The highest BCUT2D eigenvalue weighted by molar-refractivity contribution is 4.77. The summed E-state index contributed by atoms with van der Waals surface area (Å²) in [6.07, 6.45) is 0. The van der Waals surface area contributed by atoms with Crippen molar-refractivity contribution >= 4 is 0 Å². The van der Waals surface area contributed by atoms with Crippen LogP contribution in [0.15, 0.2) is 0 Å². The molecule has 0 amide bonds. The molecule has 0 unspecified atom stereocenters. The van der Waals surface area contributed by atoms with E-state index in [1.807, 2.05) is 0 Å². The van der Waals surface area contributed by atoms with E-state index in [0.29, 0.717) is 0 Å². The molecule has 0 spiro atoms. The lowest BCUT2D eigenvalue weighted by molar-refractivity contribution is 0.0200. The topological polar surface area (TPSA) is 15.3 Å². The molecule has 10 heavy (non-hydrogen) atoms. The van der Waals surface area contributed by atoms with Crippen molar-refractivity contribution in [2.24, 2.45) is 5.92 Å². The third-order valence-corrected chi connectivity index (χ3v) is 1.56. The highest BCUT2D eigenvalue weighted by Crippen LogP contribution is 2.13. The molecule has 1 aliphatic rings. The largest absolute Gasteiger partial charge is 0.250 e. The van der Waals surface area contributed by atoms with Gasteiger partial charge in [-0.1, -0.05) is 6.92 Å². The van der Waals surface area contributed by atoms with Crippen LogP contribution in [0.5, 0.6) is 0 Å². The molecule has 0 aromatic carbocycles. The Hall–Kier alpha value is -0.0800. The first-order chi connectivity index (χ1) is 4.47. The molecule has 0 aromatic rings. The van der Waals surface area contributed by atoms with E-state index >= 15 is 0 Å². The Morgan fingerprint density at radius 3 is 2.10 bits per heavy atom. The third kappa shape index (κ3) is 2.27. The van der Waals surface area contributed by atoms with Gasteiger partial charge in [0.05, 0.1) is 0 Å². The summed E-state index contributed by atoms with van der Waals surface area (Å²) in [6.45, 7) is 11.3. The van der Waals surface area contributed by atoms with Crippen LogP contribution in [-0.2, 0) is 0 Å². The Morgan fingerprint density at radius 1 is 1.30 bits per heavy atom. The molecule has 2 heteroatoms. The number of nitrogens with one attached hydrogen (secondary N) is 1. The van der Waals surface area contributed by atoms with Crippen molar-refractivity contribution in [2.75, 3.05) is 13.1 Å². The second-order valence-corrected chi connectivity index (χ2v) is 4.37. The summed E-state index contributed by atoms with van der Waals surface area (Å²) in [5.74, 6) is 0.884. The van der Waals surface area contributed by atoms with Crippen molar-refractivity contribution in [1.82, 2.24) is 10.4 Å². The zero-order chi connectivity index (χ0) is 7.78. The minimum absolute atomic E-state index is 0.236. The van der Waals surface area contributed by atoms with Gasteiger partial charge in [0.25, 0.3) is 0 Å². The molecule has 60 valence electrons. The third-order valence-electron chi connectivity index (χ3n) is 1.56. The Morgan fingerprint density at radius 2 is 1.80 bits per heavy atom. The second kappa shape index (κ2) is 2.51. The molecular formula is C8H18N2. The summed E-state index contributed by atoms with van der Waals surface area (Å²) >= 11 is 0. The molecule has 1 rings (SSSR count). The highest BCUT2D eigenvalue weighted by atomic mass is 15.5. The van der Waals surface area contributed by atoms with E-state index in [4.69, 9.17) is 0 Å². The number of hydrazine groups is 1. The zero-order valence-electron chi connectivity index (χ0n) is 7.44. The molecule has 1 aliphatic heterocycles. The summed E-state index contributed by atoms with van der Waals surface area (Å²) in [7, 11) is 0. The number of rotatable bonds is 1. The van der Waals surface area contributed by atoms with Crippen molar-refractivity contribution in [3.8, 4) is 0 Å². The van der Waals surface area contributed by atoms with Gasteiger partial charge in [0, 0.05) is 18.6 Å². The van der Waals surface area contributed by atoms with Crippen LogP contribution in [-0.4, -0.2) is 23.6 Å². The van der Waals surface area contributed by atoms with Crippen molar-refractivity contribution < 1.29 is 0 Å². The molecule has 2 nitrogen and oxygen atoms in total. The van der Waals surface area contributed by atoms with E-state index in [-0.39, 0.29) is 5.54 Å². The van der Waals surface area contributed by atoms with Gasteiger partial charge < -0.3 is 0 Å². The SMILES string of the molecule is CC1CN(NC(C)(C)C)C1. The quantitative estimate of drug-likeness (QED) is 0.592. The lowest BCUT2D eigenvalue weighted by Gasteiger charge is -2.41. The summed E-state index contributed by atoms with van der Waals surface area (Å²) in [6, 6.07) is 0. The minimum atomic E-state index is 0.236. The molecule has 0 aliphatic carbocycles. The van der Waals surface area contributed by atoms with E-state index in [1.54, 1.807) is 0 Å². The van der Waals surface area contributed by atoms with Crippen LogP contribution in [0.25, 0.3) is 0 Å². The van der Waals surface area contributed by atoms with Crippen molar-refractivity contribution in [3.63, 3.8) is 0 Å².